The number of aryl methyl sites for hydroxylation is 1. The highest BCUT2D eigenvalue weighted by Crippen LogP contribution is 2.32. The second-order valence-electron chi connectivity index (χ2n) is 6.66. The van der Waals surface area contributed by atoms with Gasteiger partial charge in [0.15, 0.2) is 0 Å². The SMILES string of the molecule is Cc1ccsc1CN1C[C@H]2CC[C@@H]1CN(S(=O)(=O)N(C)C)C2. The van der Waals surface area contributed by atoms with E-state index in [1.54, 1.807) is 29.7 Å². The topological polar surface area (TPSA) is 43.9 Å². The molecule has 0 amide bonds. The first kappa shape index (κ1) is 16.4. The summed E-state index contributed by atoms with van der Waals surface area (Å²) in [5.74, 6) is 0.453. The highest BCUT2D eigenvalue weighted by atomic mass is 32.2. The summed E-state index contributed by atoms with van der Waals surface area (Å²) < 4.78 is 28.0. The first-order chi connectivity index (χ1) is 10.4. The van der Waals surface area contributed by atoms with Gasteiger partial charge in [0.1, 0.15) is 0 Å². The van der Waals surface area contributed by atoms with Gasteiger partial charge < -0.3 is 0 Å². The van der Waals surface area contributed by atoms with Gasteiger partial charge >= 0.3 is 0 Å². The third kappa shape index (κ3) is 3.10. The predicted octanol–water partition coefficient (Wildman–Crippen LogP) is 1.76. The standard InChI is InChI=1S/C15H25N3O2S2/c1-12-6-7-21-15(12)11-17-8-13-4-5-14(17)10-18(9-13)22(19,20)16(2)3/h6-7,13-14H,4-5,8-11H2,1-3H3/t13-,14-/m1/s1. The van der Waals surface area contributed by atoms with E-state index in [1.807, 2.05) is 0 Å². The number of hydrogen-bond acceptors (Lipinski definition) is 4. The van der Waals surface area contributed by atoms with Crippen LogP contribution in [0, 0.1) is 12.8 Å². The van der Waals surface area contributed by atoms with Crippen LogP contribution in [0.15, 0.2) is 11.4 Å². The van der Waals surface area contributed by atoms with Crippen LogP contribution in [-0.2, 0) is 16.8 Å². The van der Waals surface area contributed by atoms with Crippen LogP contribution in [0.2, 0.25) is 0 Å². The number of piperidine rings is 1. The number of thiophene rings is 1. The Labute approximate surface area is 137 Å². The van der Waals surface area contributed by atoms with Crippen molar-refractivity contribution in [2.75, 3.05) is 33.7 Å². The highest BCUT2D eigenvalue weighted by molar-refractivity contribution is 7.86. The molecule has 0 aromatic carbocycles. The van der Waals surface area contributed by atoms with E-state index >= 15 is 0 Å². The summed E-state index contributed by atoms with van der Waals surface area (Å²) in [6, 6.07) is 2.51. The van der Waals surface area contributed by atoms with Crippen molar-refractivity contribution in [3.05, 3.63) is 21.9 Å². The summed E-state index contributed by atoms with van der Waals surface area (Å²) in [5.41, 5.74) is 1.35. The lowest BCUT2D eigenvalue weighted by molar-refractivity contribution is 0.126. The van der Waals surface area contributed by atoms with Crippen molar-refractivity contribution < 1.29 is 8.42 Å². The van der Waals surface area contributed by atoms with E-state index in [0.717, 1.165) is 25.9 Å². The molecule has 3 fully saturated rings. The van der Waals surface area contributed by atoms with Crippen molar-refractivity contribution in [3.63, 3.8) is 0 Å². The van der Waals surface area contributed by atoms with Crippen LogP contribution in [0.4, 0.5) is 0 Å². The Hall–Kier alpha value is -0.470. The van der Waals surface area contributed by atoms with E-state index in [4.69, 9.17) is 0 Å². The van der Waals surface area contributed by atoms with Gasteiger partial charge in [-0.05, 0) is 42.7 Å². The molecule has 0 saturated carbocycles. The fourth-order valence-electron chi connectivity index (χ4n) is 3.50. The van der Waals surface area contributed by atoms with Gasteiger partial charge in [-0.3, -0.25) is 4.90 Å². The average molecular weight is 344 g/mol. The van der Waals surface area contributed by atoms with Crippen molar-refractivity contribution in [2.24, 2.45) is 5.92 Å². The van der Waals surface area contributed by atoms with Crippen LogP contribution in [0.3, 0.4) is 0 Å². The molecule has 3 saturated heterocycles. The molecule has 1 aromatic heterocycles. The van der Waals surface area contributed by atoms with Crippen LogP contribution < -0.4 is 0 Å². The minimum atomic E-state index is -3.30. The van der Waals surface area contributed by atoms with Crippen molar-refractivity contribution in [1.82, 2.24) is 13.5 Å². The molecule has 2 atom stereocenters. The zero-order valence-corrected chi connectivity index (χ0v) is 15.2. The van der Waals surface area contributed by atoms with Crippen LogP contribution in [0.1, 0.15) is 23.3 Å². The second-order valence-corrected chi connectivity index (χ2v) is 9.80. The lowest BCUT2D eigenvalue weighted by Crippen LogP contribution is -2.45. The summed E-state index contributed by atoms with van der Waals surface area (Å²) in [6.07, 6.45) is 2.25. The minimum Gasteiger partial charge on any atom is -0.294 e. The summed E-state index contributed by atoms with van der Waals surface area (Å²) in [5, 5.41) is 2.14. The number of hydrogen-bond donors (Lipinski definition) is 0. The minimum absolute atomic E-state index is 0.343. The average Bonchev–Trinajstić information content (AvgIpc) is 2.68. The molecular formula is C15H25N3O2S2. The monoisotopic (exact) mass is 343 g/mol. The van der Waals surface area contributed by atoms with Crippen molar-refractivity contribution in [1.29, 1.82) is 0 Å². The van der Waals surface area contributed by atoms with Gasteiger partial charge in [-0.15, -0.1) is 11.3 Å². The van der Waals surface area contributed by atoms with E-state index in [1.165, 1.54) is 14.7 Å². The van der Waals surface area contributed by atoms with E-state index in [2.05, 4.69) is 23.3 Å². The Bertz CT molecular complexity index is 626. The van der Waals surface area contributed by atoms with E-state index in [-0.39, 0.29) is 0 Å². The Balaban J connectivity index is 1.78. The van der Waals surface area contributed by atoms with Gasteiger partial charge in [0.25, 0.3) is 10.2 Å². The number of nitrogens with zero attached hydrogens (tertiary/aromatic N) is 3. The Morgan fingerprint density at radius 2 is 2.05 bits per heavy atom. The molecule has 3 aliphatic heterocycles. The molecule has 4 rings (SSSR count). The van der Waals surface area contributed by atoms with Gasteiger partial charge in [0, 0.05) is 51.2 Å². The summed E-state index contributed by atoms with van der Waals surface area (Å²) in [4.78, 5) is 3.91. The van der Waals surface area contributed by atoms with E-state index in [0.29, 0.717) is 25.0 Å². The molecule has 1 aromatic rings. The maximum atomic E-state index is 12.5. The first-order valence-corrected chi connectivity index (χ1v) is 10.1. The fraction of sp³-hybridized carbons (Fsp3) is 0.733. The maximum Gasteiger partial charge on any atom is 0.281 e. The molecule has 0 N–H and O–H groups in total. The smallest absolute Gasteiger partial charge is 0.281 e. The van der Waals surface area contributed by atoms with Crippen LogP contribution >= 0.6 is 11.3 Å². The third-order valence-corrected chi connectivity index (χ3v) is 7.78. The molecular weight excluding hydrogens is 318 g/mol. The molecule has 4 heterocycles. The summed E-state index contributed by atoms with van der Waals surface area (Å²) in [7, 11) is -0.0602. The van der Waals surface area contributed by atoms with Crippen molar-refractivity contribution in [2.45, 2.75) is 32.4 Å². The van der Waals surface area contributed by atoms with Crippen LogP contribution in [0.25, 0.3) is 0 Å². The summed E-state index contributed by atoms with van der Waals surface area (Å²) >= 11 is 1.81. The largest absolute Gasteiger partial charge is 0.294 e. The van der Waals surface area contributed by atoms with E-state index in [9.17, 15) is 8.42 Å². The molecule has 124 valence electrons. The Morgan fingerprint density at radius 3 is 2.68 bits per heavy atom. The van der Waals surface area contributed by atoms with Crippen LogP contribution in [-0.4, -0.2) is 61.7 Å². The Kier molecular flexibility index (Phi) is 4.62. The zero-order chi connectivity index (χ0) is 15.9. The van der Waals surface area contributed by atoms with Crippen LogP contribution in [0.5, 0.6) is 0 Å². The molecule has 0 unspecified atom stereocenters. The molecule has 0 radical (unpaired) electrons. The molecule has 0 spiro atoms. The van der Waals surface area contributed by atoms with Crippen molar-refractivity contribution >= 4 is 21.5 Å². The van der Waals surface area contributed by atoms with Crippen molar-refractivity contribution in [3.8, 4) is 0 Å². The number of fused-ring (bicyclic) bond motifs is 4. The first-order valence-electron chi connectivity index (χ1n) is 7.82. The predicted molar refractivity (Wildman–Crippen MR) is 90.2 cm³/mol. The second kappa shape index (κ2) is 6.20. The fourth-order valence-corrected chi connectivity index (χ4v) is 5.65. The normalized spacial score (nSPS) is 27.5. The lowest BCUT2D eigenvalue weighted by atomic mass is 9.95. The molecule has 2 bridgehead atoms. The summed E-state index contributed by atoms with van der Waals surface area (Å²) in [6.45, 7) is 5.42. The number of rotatable bonds is 4. The maximum absolute atomic E-state index is 12.5. The molecule has 5 nitrogen and oxygen atoms in total. The lowest BCUT2D eigenvalue weighted by Gasteiger charge is -2.36. The molecule has 22 heavy (non-hydrogen) atoms. The Morgan fingerprint density at radius 1 is 1.27 bits per heavy atom. The van der Waals surface area contributed by atoms with Gasteiger partial charge in [-0.2, -0.15) is 17.0 Å². The molecule has 3 aliphatic rings. The van der Waals surface area contributed by atoms with Gasteiger partial charge in [-0.25, -0.2) is 0 Å². The third-order valence-electron chi connectivity index (χ3n) is 4.90. The van der Waals surface area contributed by atoms with Gasteiger partial charge in [-0.1, -0.05) is 0 Å². The van der Waals surface area contributed by atoms with Gasteiger partial charge in [0.2, 0.25) is 0 Å². The molecule has 7 heteroatoms. The van der Waals surface area contributed by atoms with E-state index < -0.39 is 10.2 Å². The molecule has 0 aliphatic carbocycles. The quantitative estimate of drug-likeness (QED) is 0.837. The van der Waals surface area contributed by atoms with Gasteiger partial charge in [0.05, 0.1) is 0 Å². The zero-order valence-electron chi connectivity index (χ0n) is 13.5. The highest BCUT2D eigenvalue weighted by Gasteiger charge is 2.39.